The molecule has 2 aromatic carbocycles. The Hall–Kier alpha value is -2.01. The maximum absolute atomic E-state index is 13.3. The molecule has 0 amide bonds. The number of aryl methyl sites for hydroxylation is 1. The molecular weight excluding hydrogens is 324 g/mol. The quantitative estimate of drug-likeness (QED) is 0.857. The van der Waals surface area contributed by atoms with Crippen LogP contribution < -0.4 is 0 Å². The first-order chi connectivity index (χ1) is 10.9. The summed E-state index contributed by atoms with van der Waals surface area (Å²) in [5, 5.41) is 20.6. The smallest absolute Gasteiger partial charge is 0.210 e. The van der Waals surface area contributed by atoms with Crippen molar-refractivity contribution in [1.82, 2.24) is 0 Å². The molecule has 2 rings (SSSR count). The predicted octanol–water partition coefficient (Wildman–Crippen LogP) is 4.09. The highest BCUT2D eigenvalue weighted by molar-refractivity contribution is 7.91. The SMILES string of the molecule is Cc1cc(S(=O)(=O)c2c(C)c(C)c(O)c(C)c2C)c(O)c(C)c1C. The van der Waals surface area contributed by atoms with E-state index in [4.69, 9.17) is 0 Å². The Bertz CT molecular complexity index is 925. The van der Waals surface area contributed by atoms with Gasteiger partial charge in [0.25, 0.3) is 0 Å². The van der Waals surface area contributed by atoms with Gasteiger partial charge in [0, 0.05) is 0 Å². The average Bonchev–Trinajstić information content (AvgIpc) is 2.52. The lowest BCUT2D eigenvalue weighted by atomic mass is 10.00. The van der Waals surface area contributed by atoms with Crippen molar-refractivity contribution in [3.8, 4) is 11.5 Å². The zero-order valence-corrected chi connectivity index (χ0v) is 16.0. The molecule has 2 aromatic rings. The van der Waals surface area contributed by atoms with Crippen LogP contribution in [0.5, 0.6) is 11.5 Å². The third kappa shape index (κ3) is 2.47. The van der Waals surface area contributed by atoms with Gasteiger partial charge in [-0.15, -0.1) is 0 Å². The molecule has 0 saturated carbocycles. The summed E-state index contributed by atoms with van der Waals surface area (Å²) in [4.78, 5) is 0.0760. The van der Waals surface area contributed by atoms with Crippen molar-refractivity contribution in [2.24, 2.45) is 0 Å². The number of hydrogen-bond donors (Lipinski definition) is 2. The van der Waals surface area contributed by atoms with Crippen LogP contribution in [0.3, 0.4) is 0 Å². The van der Waals surface area contributed by atoms with Gasteiger partial charge in [0.15, 0.2) is 0 Å². The lowest BCUT2D eigenvalue weighted by molar-refractivity contribution is 0.453. The number of phenolic OH excluding ortho intramolecular Hbond substituents is 2. The van der Waals surface area contributed by atoms with Gasteiger partial charge >= 0.3 is 0 Å². The normalized spacial score (nSPS) is 11.8. The monoisotopic (exact) mass is 348 g/mol. The number of rotatable bonds is 2. The molecule has 0 unspecified atom stereocenters. The summed E-state index contributed by atoms with van der Waals surface area (Å²) in [5.41, 5.74) is 4.34. The lowest BCUT2D eigenvalue weighted by Crippen LogP contribution is -2.10. The Morgan fingerprint density at radius 1 is 0.667 bits per heavy atom. The van der Waals surface area contributed by atoms with Crippen molar-refractivity contribution in [2.45, 2.75) is 58.3 Å². The second-order valence-corrected chi connectivity index (χ2v) is 8.33. The van der Waals surface area contributed by atoms with Gasteiger partial charge in [-0.2, -0.15) is 0 Å². The Kier molecular flexibility index (Phi) is 4.44. The van der Waals surface area contributed by atoms with Crippen molar-refractivity contribution < 1.29 is 18.6 Å². The number of phenols is 2. The molecule has 0 saturated heterocycles. The topological polar surface area (TPSA) is 74.6 Å². The van der Waals surface area contributed by atoms with Crippen molar-refractivity contribution in [1.29, 1.82) is 0 Å². The molecule has 0 heterocycles. The Labute approximate surface area is 143 Å². The Morgan fingerprint density at radius 3 is 1.54 bits per heavy atom. The van der Waals surface area contributed by atoms with Gasteiger partial charge in [-0.05, 0) is 93.5 Å². The zero-order chi connectivity index (χ0) is 18.6. The minimum Gasteiger partial charge on any atom is -0.507 e. The van der Waals surface area contributed by atoms with Crippen molar-refractivity contribution in [3.63, 3.8) is 0 Å². The minimum absolute atomic E-state index is 0.0845. The average molecular weight is 348 g/mol. The van der Waals surface area contributed by atoms with Crippen LogP contribution >= 0.6 is 0 Å². The molecule has 130 valence electrons. The first-order valence-electron chi connectivity index (χ1n) is 7.77. The van der Waals surface area contributed by atoms with E-state index >= 15 is 0 Å². The van der Waals surface area contributed by atoms with Crippen LogP contribution in [0.15, 0.2) is 15.9 Å². The fraction of sp³-hybridized carbons (Fsp3) is 0.368. The summed E-state index contributed by atoms with van der Waals surface area (Å²) in [5.74, 6) is -0.0929. The van der Waals surface area contributed by atoms with E-state index in [1.165, 1.54) is 6.07 Å². The first-order valence-corrected chi connectivity index (χ1v) is 9.25. The molecule has 0 bridgehead atoms. The van der Waals surface area contributed by atoms with Crippen LogP contribution in [-0.2, 0) is 9.84 Å². The molecule has 4 nitrogen and oxygen atoms in total. The molecule has 0 radical (unpaired) electrons. The third-order valence-corrected chi connectivity index (χ3v) is 7.21. The molecule has 0 aliphatic rings. The first kappa shape index (κ1) is 18.3. The molecule has 0 aromatic heterocycles. The van der Waals surface area contributed by atoms with Gasteiger partial charge in [-0.1, -0.05) is 0 Å². The number of benzene rings is 2. The highest BCUT2D eigenvalue weighted by atomic mass is 32.2. The summed E-state index contributed by atoms with van der Waals surface area (Å²) in [6.45, 7) is 12.1. The lowest BCUT2D eigenvalue weighted by Gasteiger charge is -2.19. The Morgan fingerprint density at radius 2 is 1.08 bits per heavy atom. The van der Waals surface area contributed by atoms with E-state index in [0.717, 1.165) is 11.1 Å². The molecule has 24 heavy (non-hydrogen) atoms. The molecule has 0 aliphatic heterocycles. The van der Waals surface area contributed by atoms with E-state index in [2.05, 4.69) is 0 Å². The van der Waals surface area contributed by atoms with Crippen molar-refractivity contribution in [2.75, 3.05) is 0 Å². The molecule has 2 N–H and O–H groups in total. The van der Waals surface area contributed by atoms with E-state index in [-0.39, 0.29) is 21.3 Å². The Balaban J connectivity index is 2.94. The van der Waals surface area contributed by atoms with Crippen molar-refractivity contribution in [3.05, 3.63) is 45.0 Å². The van der Waals surface area contributed by atoms with E-state index in [0.29, 0.717) is 27.8 Å². The van der Waals surface area contributed by atoms with Crippen LogP contribution in [0.25, 0.3) is 0 Å². The summed E-state index contributed by atoms with van der Waals surface area (Å²) in [6, 6.07) is 1.52. The van der Waals surface area contributed by atoms with Crippen LogP contribution in [0.1, 0.15) is 38.9 Å². The molecule has 0 spiro atoms. The predicted molar refractivity (Wildman–Crippen MR) is 94.8 cm³/mol. The highest BCUT2D eigenvalue weighted by Gasteiger charge is 2.29. The molecule has 0 fully saturated rings. The summed E-state index contributed by atoms with van der Waals surface area (Å²) in [7, 11) is -3.92. The van der Waals surface area contributed by atoms with Crippen LogP contribution in [-0.4, -0.2) is 18.6 Å². The molecule has 0 aliphatic carbocycles. The van der Waals surface area contributed by atoms with E-state index in [1.807, 2.05) is 13.8 Å². The van der Waals surface area contributed by atoms with Crippen molar-refractivity contribution >= 4 is 9.84 Å². The molecular formula is C19H24O4S. The molecule has 0 atom stereocenters. The zero-order valence-electron chi connectivity index (χ0n) is 15.2. The van der Waals surface area contributed by atoms with E-state index in [9.17, 15) is 18.6 Å². The number of aromatic hydroxyl groups is 2. The molecule has 5 heteroatoms. The minimum atomic E-state index is -3.92. The van der Waals surface area contributed by atoms with E-state index < -0.39 is 9.84 Å². The number of hydrogen-bond acceptors (Lipinski definition) is 4. The van der Waals surface area contributed by atoms with Gasteiger partial charge < -0.3 is 10.2 Å². The van der Waals surface area contributed by atoms with Crippen LogP contribution in [0.2, 0.25) is 0 Å². The highest BCUT2D eigenvalue weighted by Crippen LogP contribution is 2.40. The van der Waals surface area contributed by atoms with Gasteiger partial charge in [0.05, 0.1) is 4.90 Å². The fourth-order valence-electron chi connectivity index (χ4n) is 3.01. The maximum Gasteiger partial charge on any atom is 0.210 e. The number of sulfone groups is 1. The summed E-state index contributed by atoms with van der Waals surface area (Å²) >= 11 is 0. The standard InChI is InChI=1S/C19H24O4S/c1-9-8-16(18(21)11(3)10(9)2)24(22,23)19-14(6)12(4)17(20)13(5)15(19)7/h8,20-21H,1-7H3. The largest absolute Gasteiger partial charge is 0.507 e. The van der Waals surface area contributed by atoms with E-state index in [1.54, 1.807) is 34.6 Å². The third-order valence-electron chi connectivity index (χ3n) is 5.17. The van der Waals surface area contributed by atoms with Gasteiger partial charge in [0.1, 0.15) is 16.4 Å². The van der Waals surface area contributed by atoms with Gasteiger partial charge in [0.2, 0.25) is 9.84 Å². The second-order valence-electron chi connectivity index (χ2n) is 6.47. The van der Waals surface area contributed by atoms with Crippen LogP contribution in [0.4, 0.5) is 0 Å². The van der Waals surface area contributed by atoms with Crippen LogP contribution in [0, 0.1) is 48.5 Å². The fourth-order valence-corrected chi connectivity index (χ4v) is 5.08. The second kappa shape index (κ2) is 5.81. The van der Waals surface area contributed by atoms with Gasteiger partial charge in [-0.3, -0.25) is 0 Å². The summed E-state index contributed by atoms with van der Waals surface area (Å²) in [6.07, 6.45) is 0. The summed E-state index contributed by atoms with van der Waals surface area (Å²) < 4.78 is 26.6. The maximum atomic E-state index is 13.3. The van der Waals surface area contributed by atoms with Gasteiger partial charge in [-0.25, -0.2) is 8.42 Å².